The van der Waals surface area contributed by atoms with Crippen molar-refractivity contribution in [3.8, 4) is 5.75 Å². The molecule has 0 saturated carbocycles. The van der Waals surface area contributed by atoms with Crippen LogP contribution in [0.15, 0.2) is 36.4 Å². The molecule has 0 aliphatic carbocycles. The van der Waals surface area contributed by atoms with Crippen LogP contribution in [0.4, 0.5) is 0 Å². The maximum absolute atomic E-state index is 6.13. The van der Waals surface area contributed by atoms with Gasteiger partial charge in [0, 0.05) is 12.9 Å². The number of alkyl halides is 1. The normalized spacial score (nSPS) is 18.6. The van der Waals surface area contributed by atoms with Gasteiger partial charge in [-0.2, -0.15) is 0 Å². The van der Waals surface area contributed by atoms with Crippen molar-refractivity contribution in [2.24, 2.45) is 0 Å². The lowest BCUT2D eigenvalue weighted by atomic mass is 10.1. The highest BCUT2D eigenvalue weighted by Gasteiger charge is 2.24. The molecular formula is C16H16ClNOS. The molecule has 2 aromatic carbocycles. The van der Waals surface area contributed by atoms with Gasteiger partial charge in [0.1, 0.15) is 16.8 Å². The molecule has 1 aliphatic rings. The lowest BCUT2D eigenvalue weighted by molar-refractivity contribution is 0.179. The van der Waals surface area contributed by atoms with Crippen molar-refractivity contribution in [1.29, 1.82) is 0 Å². The second kappa shape index (κ2) is 5.58. The predicted molar refractivity (Wildman–Crippen MR) is 88.0 cm³/mol. The highest BCUT2D eigenvalue weighted by Crippen LogP contribution is 2.31. The molecule has 1 aliphatic heterocycles. The van der Waals surface area contributed by atoms with Crippen LogP contribution in [0.1, 0.15) is 12.0 Å². The fourth-order valence-corrected chi connectivity index (χ4v) is 3.04. The standard InChI is InChI=1S/C16H16ClNOS/c1-18-10-13(6-7-17)19-15-9-12-5-3-2-4-11(12)8-14(15)16(18)20/h2-5,8-9,13H,6-7,10H2,1H3. The van der Waals surface area contributed by atoms with Gasteiger partial charge >= 0.3 is 0 Å². The quantitative estimate of drug-likeness (QED) is 0.618. The van der Waals surface area contributed by atoms with Gasteiger partial charge in [0.2, 0.25) is 0 Å². The minimum Gasteiger partial charge on any atom is -0.488 e. The Kier molecular flexibility index (Phi) is 3.81. The van der Waals surface area contributed by atoms with E-state index in [1.165, 1.54) is 10.8 Å². The Balaban J connectivity index is 2.11. The minimum absolute atomic E-state index is 0.0814. The van der Waals surface area contributed by atoms with Crippen LogP contribution < -0.4 is 4.74 Å². The van der Waals surface area contributed by atoms with Gasteiger partial charge in [-0.05, 0) is 29.3 Å². The fourth-order valence-electron chi connectivity index (χ4n) is 2.57. The van der Waals surface area contributed by atoms with Gasteiger partial charge in [-0.15, -0.1) is 11.6 Å². The Morgan fingerprint density at radius 1 is 1.30 bits per heavy atom. The number of ether oxygens (including phenoxy) is 1. The summed E-state index contributed by atoms with van der Waals surface area (Å²) in [6, 6.07) is 12.5. The average molecular weight is 306 g/mol. The van der Waals surface area contributed by atoms with Crippen LogP contribution in [0.5, 0.6) is 5.75 Å². The zero-order valence-electron chi connectivity index (χ0n) is 11.3. The maximum atomic E-state index is 6.13. The van der Waals surface area contributed by atoms with E-state index in [-0.39, 0.29) is 6.10 Å². The smallest absolute Gasteiger partial charge is 0.130 e. The van der Waals surface area contributed by atoms with E-state index < -0.39 is 0 Å². The first-order valence-electron chi connectivity index (χ1n) is 6.70. The number of thiocarbonyl (C=S) groups is 1. The zero-order chi connectivity index (χ0) is 14.1. The van der Waals surface area contributed by atoms with Crippen molar-refractivity contribution < 1.29 is 4.74 Å². The monoisotopic (exact) mass is 305 g/mol. The zero-order valence-corrected chi connectivity index (χ0v) is 12.9. The lowest BCUT2D eigenvalue weighted by Gasteiger charge is -2.20. The maximum Gasteiger partial charge on any atom is 0.130 e. The van der Waals surface area contributed by atoms with Crippen LogP contribution in [-0.2, 0) is 0 Å². The molecule has 0 radical (unpaired) electrons. The van der Waals surface area contributed by atoms with E-state index in [9.17, 15) is 0 Å². The van der Waals surface area contributed by atoms with E-state index in [4.69, 9.17) is 28.6 Å². The Morgan fingerprint density at radius 2 is 2.00 bits per heavy atom. The van der Waals surface area contributed by atoms with Crippen molar-refractivity contribution in [2.45, 2.75) is 12.5 Å². The van der Waals surface area contributed by atoms with Crippen LogP contribution in [0.2, 0.25) is 0 Å². The lowest BCUT2D eigenvalue weighted by Crippen LogP contribution is -2.33. The van der Waals surface area contributed by atoms with Crippen LogP contribution in [-0.4, -0.2) is 35.5 Å². The molecule has 0 N–H and O–H groups in total. The average Bonchev–Trinajstić information content (AvgIpc) is 2.55. The van der Waals surface area contributed by atoms with Crippen molar-refractivity contribution in [3.63, 3.8) is 0 Å². The molecule has 4 heteroatoms. The summed E-state index contributed by atoms with van der Waals surface area (Å²) < 4.78 is 6.13. The second-order valence-electron chi connectivity index (χ2n) is 5.10. The summed E-state index contributed by atoms with van der Waals surface area (Å²) in [6.07, 6.45) is 0.902. The largest absolute Gasteiger partial charge is 0.488 e. The Bertz CT molecular complexity index is 658. The summed E-state index contributed by atoms with van der Waals surface area (Å²) in [4.78, 5) is 2.91. The van der Waals surface area contributed by atoms with Gasteiger partial charge < -0.3 is 9.64 Å². The van der Waals surface area contributed by atoms with E-state index in [2.05, 4.69) is 29.2 Å². The second-order valence-corrected chi connectivity index (χ2v) is 5.86. The van der Waals surface area contributed by atoms with Gasteiger partial charge in [-0.1, -0.05) is 36.5 Å². The van der Waals surface area contributed by atoms with Gasteiger partial charge in [-0.25, -0.2) is 0 Å². The molecule has 2 aromatic rings. The molecule has 0 amide bonds. The first kappa shape index (κ1) is 13.7. The summed E-state index contributed by atoms with van der Waals surface area (Å²) in [7, 11) is 2.01. The third kappa shape index (κ3) is 2.48. The van der Waals surface area contributed by atoms with Crippen molar-refractivity contribution in [1.82, 2.24) is 4.90 Å². The minimum atomic E-state index is 0.0814. The third-order valence-electron chi connectivity index (χ3n) is 3.63. The highest BCUT2D eigenvalue weighted by molar-refractivity contribution is 7.80. The topological polar surface area (TPSA) is 12.5 Å². The summed E-state index contributed by atoms with van der Waals surface area (Å²) in [5, 5.41) is 2.35. The molecule has 0 saturated heterocycles. The molecule has 0 fully saturated rings. The summed E-state index contributed by atoms with van der Waals surface area (Å²) in [5.74, 6) is 1.46. The first-order chi connectivity index (χ1) is 9.69. The van der Waals surface area contributed by atoms with Crippen LogP contribution in [0, 0.1) is 0 Å². The Hall–Kier alpha value is -1.32. The number of likely N-dealkylation sites (N-methyl/N-ethyl adjacent to an activating group) is 1. The number of rotatable bonds is 2. The number of benzene rings is 2. The summed E-state index contributed by atoms with van der Waals surface area (Å²) in [5.41, 5.74) is 0.998. The van der Waals surface area contributed by atoms with Gasteiger partial charge in [-0.3, -0.25) is 0 Å². The number of halogens is 1. The predicted octanol–water partition coefficient (Wildman–Crippen LogP) is 3.84. The molecule has 0 bridgehead atoms. The van der Waals surface area contributed by atoms with Crippen LogP contribution >= 0.6 is 23.8 Å². The number of fused-ring (bicyclic) bond motifs is 2. The van der Waals surface area contributed by atoms with E-state index >= 15 is 0 Å². The number of hydrogen-bond acceptors (Lipinski definition) is 2. The van der Waals surface area contributed by atoms with Gasteiger partial charge in [0.05, 0.1) is 12.1 Å². The molecule has 1 atom stereocenters. The van der Waals surface area contributed by atoms with E-state index in [1.807, 2.05) is 19.2 Å². The summed E-state index contributed by atoms with van der Waals surface area (Å²) >= 11 is 11.4. The molecule has 3 rings (SSSR count). The molecule has 1 heterocycles. The fraction of sp³-hybridized carbons (Fsp3) is 0.312. The third-order valence-corrected chi connectivity index (χ3v) is 4.38. The summed E-state index contributed by atoms with van der Waals surface area (Å²) in [6.45, 7) is 0.774. The van der Waals surface area contributed by atoms with Gasteiger partial charge in [0.25, 0.3) is 0 Å². The molecule has 0 spiro atoms. The van der Waals surface area contributed by atoms with Crippen LogP contribution in [0.25, 0.3) is 10.8 Å². The van der Waals surface area contributed by atoms with Crippen molar-refractivity contribution in [3.05, 3.63) is 42.0 Å². The number of nitrogens with zero attached hydrogens (tertiary/aromatic N) is 1. The SMILES string of the molecule is CN1CC(CCCl)Oc2cc3ccccc3cc2C1=S. The molecule has 2 nitrogen and oxygen atoms in total. The van der Waals surface area contributed by atoms with Crippen molar-refractivity contribution >= 4 is 39.6 Å². The molecule has 1 unspecified atom stereocenters. The van der Waals surface area contributed by atoms with Crippen LogP contribution in [0.3, 0.4) is 0 Å². The first-order valence-corrected chi connectivity index (χ1v) is 7.64. The van der Waals surface area contributed by atoms with E-state index in [0.717, 1.165) is 29.3 Å². The highest BCUT2D eigenvalue weighted by atomic mass is 35.5. The van der Waals surface area contributed by atoms with Gasteiger partial charge in [0.15, 0.2) is 0 Å². The molecular weight excluding hydrogens is 290 g/mol. The van der Waals surface area contributed by atoms with E-state index in [0.29, 0.717) is 5.88 Å². The molecule has 0 aromatic heterocycles. The Labute approximate surface area is 129 Å². The van der Waals surface area contributed by atoms with E-state index in [1.54, 1.807) is 0 Å². The van der Waals surface area contributed by atoms with Crippen molar-refractivity contribution in [2.75, 3.05) is 19.5 Å². The number of hydrogen-bond donors (Lipinski definition) is 0. The molecule has 20 heavy (non-hydrogen) atoms. The molecule has 104 valence electrons. The Morgan fingerprint density at radius 3 is 2.70 bits per heavy atom.